The van der Waals surface area contributed by atoms with Gasteiger partial charge < -0.3 is 4.74 Å². The summed E-state index contributed by atoms with van der Waals surface area (Å²) in [5.41, 5.74) is 4.88. The lowest BCUT2D eigenvalue weighted by molar-refractivity contribution is 0.211. The van der Waals surface area contributed by atoms with E-state index in [0.717, 1.165) is 24.2 Å². The third kappa shape index (κ3) is 8.15. The van der Waals surface area contributed by atoms with Crippen LogP contribution in [0.4, 0.5) is 0 Å². The Bertz CT molecular complexity index is 914. The maximum atomic E-state index is 6.56. The molecule has 1 atom stereocenters. The van der Waals surface area contributed by atoms with Gasteiger partial charge in [-0.1, -0.05) is 113 Å². The highest BCUT2D eigenvalue weighted by atomic mass is 32.2. The largest absolute Gasteiger partial charge is 0.461 e. The molecule has 0 saturated carbocycles. The van der Waals surface area contributed by atoms with E-state index in [2.05, 4.69) is 86.7 Å². The maximum Gasteiger partial charge on any atom is 0.193 e. The van der Waals surface area contributed by atoms with Crippen molar-refractivity contribution >= 4 is 34.6 Å². The van der Waals surface area contributed by atoms with Crippen molar-refractivity contribution in [2.45, 2.75) is 76.6 Å². The minimum absolute atomic E-state index is 0.429. The highest BCUT2D eigenvalue weighted by molar-refractivity contribution is 8.00. The van der Waals surface area contributed by atoms with Gasteiger partial charge in [0.05, 0.1) is 0 Å². The highest BCUT2D eigenvalue weighted by Gasteiger charge is 2.32. The van der Waals surface area contributed by atoms with Gasteiger partial charge in [-0.15, -0.1) is 11.8 Å². The molecule has 2 aromatic carbocycles. The molecule has 3 rings (SSSR count). The van der Waals surface area contributed by atoms with Crippen molar-refractivity contribution in [3.63, 3.8) is 0 Å². The Morgan fingerprint density at radius 1 is 0.909 bits per heavy atom. The number of benzene rings is 2. The minimum atomic E-state index is -0.429. The predicted molar refractivity (Wildman–Crippen MR) is 150 cm³/mol. The van der Waals surface area contributed by atoms with Crippen LogP contribution < -0.4 is 0 Å². The molecule has 1 nitrogen and oxygen atoms in total. The Morgan fingerprint density at radius 3 is 2.30 bits per heavy atom. The zero-order valence-corrected chi connectivity index (χ0v) is 21.9. The lowest BCUT2D eigenvalue weighted by atomic mass is 9.98. The van der Waals surface area contributed by atoms with E-state index in [4.69, 9.17) is 17.0 Å². The Morgan fingerprint density at radius 2 is 1.64 bits per heavy atom. The fourth-order valence-corrected chi connectivity index (χ4v) is 5.58. The van der Waals surface area contributed by atoms with E-state index >= 15 is 0 Å². The average molecular weight is 479 g/mol. The van der Waals surface area contributed by atoms with Crippen molar-refractivity contribution in [2.24, 2.45) is 0 Å². The number of thioether (sulfide) groups is 1. The Balaban J connectivity index is 1.67. The summed E-state index contributed by atoms with van der Waals surface area (Å²) in [5, 5.41) is 0.595. The van der Waals surface area contributed by atoms with E-state index < -0.39 is 4.93 Å². The number of unbranched alkanes of at least 4 members (excludes halogenated alkanes) is 5. The van der Waals surface area contributed by atoms with Gasteiger partial charge in [-0.25, -0.2) is 0 Å². The number of aryl methyl sites for hydroxylation is 1. The zero-order chi connectivity index (χ0) is 23.4. The first kappa shape index (κ1) is 25.8. The van der Waals surface area contributed by atoms with Gasteiger partial charge >= 0.3 is 0 Å². The molecule has 1 aliphatic rings. The number of hydrogen-bond acceptors (Lipinski definition) is 3. The number of thiocarbonyl (C=S) groups is 1. The lowest BCUT2D eigenvalue weighted by Crippen LogP contribution is -2.30. The summed E-state index contributed by atoms with van der Waals surface area (Å²) < 4.78 is 6.56. The van der Waals surface area contributed by atoms with Crippen LogP contribution in [-0.4, -0.2) is 15.7 Å². The summed E-state index contributed by atoms with van der Waals surface area (Å²) in [6.07, 6.45) is 17.5. The summed E-state index contributed by atoms with van der Waals surface area (Å²) in [4.78, 5) is -0.429. The van der Waals surface area contributed by atoms with Crippen LogP contribution in [0.5, 0.6) is 0 Å². The molecule has 0 radical (unpaired) electrons. The molecular weight excluding hydrogens is 440 g/mol. The highest BCUT2D eigenvalue weighted by Crippen LogP contribution is 2.39. The van der Waals surface area contributed by atoms with Crippen LogP contribution >= 0.6 is 24.0 Å². The smallest absolute Gasteiger partial charge is 0.193 e. The quantitative estimate of drug-likeness (QED) is 0.161. The molecule has 0 bridgehead atoms. The van der Waals surface area contributed by atoms with Gasteiger partial charge in [0.2, 0.25) is 0 Å². The summed E-state index contributed by atoms with van der Waals surface area (Å²) in [5.74, 6) is 1.08. The summed E-state index contributed by atoms with van der Waals surface area (Å²) in [6, 6.07) is 19.2. The van der Waals surface area contributed by atoms with Gasteiger partial charge in [-0.3, -0.25) is 0 Å². The van der Waals surface area contributed by atoms with Crippen LogP contribution in [-0.2, 0) is 11.2 Å². The van der Waals surface area contributed by atoms with E-state index in [9.17, 15) is 0 Å². The first-order valence-electron chi connectivity index (χ1n) is 12.6. The van der Waals surface area contributed by atoms with E-state index in [-0.39, 0.29) is 0 Å². The zero-order valence-electron chi connectivity index (χ0n) is 20.2. The second-order valence-corrected chi connectivity index (χ2v) is 10.6. The van der Waals surface area contributed by atoms with Gasteiger partial charge in [0.25, 0.3) is 0 Å². The molecule has 176 valence electrons. The normalized spacial score (nSPS) is 17.6. The number of rotatable bonds is 13. The first-order valence-corrected chi connectivity index (χ1v) is 14.0. The summed E-state index contributed by atoms with van der Waals surface area (Å²) in [7, 11) is 0. The van der Waals surface area contributed by atoms with Crippen LogP contribution in [0.25, 0.3) is 5.57 Å². The molecule has 0 heterocycles. The average Bonchev–Trinajstić information content (AvgIpc) is 2.85. The molecule has 1 unspecified atom stereocenters. The van der Waals surface area contributed by atoms with Gasteiger partial charge in [0.15, 0.2) is 9.98 Å². The molecule has 0 fully saturated rings. The Hall–Kier alpha value is -1.84. The van der Waals surface area contributed by atoms with E-state index in [1.54, 1.807) is 0 Å². The van der Waals surface area contributed by atoms with Crippen LogP contribution in [0.15, 0.2) is 72.8 Å². The van der Waals surface area contributed by atoms with E-state index in [0.29, 0.717) is 5.05 Å². The molecule has 1 aliphatic carbocycles. The van der Waals surface area contributed by atoms with Gasteiger partial charge in [-0.2, -0.15) is 0 Å². The summed E-state index contributed by atoms with van der Waals surface area (Å²) in [6.45, 7) is 4.50. The van der Waals surface area contributed by atoms with Crippen LogP contribution in [0.3, 0.4) is 0 Å². The second kappa shape index (κ2) is 13.8. The SMILES string of the molecule is CCCCCCSC1(OC(=S)c2ccc(CCCCC)cc2)C=CC(c2ccccc2)=CC1. The topological polar surface area (TPSA) is 9.23 Å². The fourth-order valence-electron chi connectivity index (χ4n) is 4.04. The first-order chi connectivity index (χ1) is 16.2. The maximum absolute atomic E-state index is 6.56. The van der Waals surface area contributed by atoms with Gasteiger partial charge in [-0.05, 0) is 60.0 Å². The van der Waals surface area contributed by atoms with Crippen molar-refractivity contribution in [3.8, 4) is 0 Å². The molecular formula is C30H38OS2. The van der Waals surface area contributed by atoms with Crippen LogP contribution in [0.2, 0.25) is 0 Å². The molecule has 0 N–H and O–H groups in total. The minimum Gasteiger partial charge on any atom is -0.461 e. The standard InChI is InChI=1S/C30H38OS2/c1-3-5-7-12-24-33-30(22-20-27(21-23-30)26-14-10-8-11-15-26)31-29(32)28-18-16-25(17-19-28)13-9-6-4-2/h8,10-11,14-22H,3-7,9,12-13,23-24H2,1-2H3. The van der Waals surface area contributed by atoms with E-state index in [1.165, 1.54) is 61.6 Å². The molecule has 0 saturated heterocycles. The monoisotopic (exact) mass is 478 g/mol. The van der Waals surface area contributed by atoms with Crippen molar-refractivity contribution in [3.05, 3.63) is 89.5 Å². The summed E-state index contributed by atoms with van der Waals surface area (Å²) >= 11 is 7.67. The Labute approximate surface area is 210 Å². The molecule has 0 aromatic heterocycles. The van der Waals surface area contributed by atoms with Gasteiger partial charge in [0, 0.05) is 12.0 Å². The Kier molecular flexibility index (Phi) is 10.8. The van der Waals surface area contributed by atoms with Crippen LogP contribution in [0, 0.1) is 0 Å². The lowest BCUT2D eigenvalue weighted by Gasteiger charge is -2.33. The predicted octanol–water partition coefficient (Wildman–Crippen LogP) is 9.16. The third-order valence-corrected chi connectivity index (χ3v) is 7.79. The molecule has 0 amide bonds. The number of allylic oxidation sites excluding steroid dienone is 2. The van der Waals surface area contributed by atoms with Gasteiger partial charge in [0.1, 0.15) is 0 Å². The van der Waals surface area contributed by atoms with Crippen molar-refractivity contribution < 1.29 is 4.74 Å². The van der Waals surface area contributed by atoms with Crippen molar-refractivity contribution in [2.75, 3.05) is 5.75 Å². The number of ether oxygens (including phenoxy) is 1. The molecule has 0 spiro atoms. The molecule has 2 aromatic rings. The fraction of sp³-hybridized carbons (Fsp3) is 0.433. The molecule has 33 heavy (non-hydrogen) atoms. The van der Waals surface area contributed by atoms with Crippen LogP contribution in [0.1, 0.15) is 81.9 Å². The van der Waals surface area contributed by atoms with Crippen molar-refractivity contribution in [1.82, 2.24) is 0 Å². The number of hydrogen-bond donors (Lipinski definition) is 0. The second-order valence-electron chi connectivity index (χ2n) is 8.83. The van der Waals surface area contributed by atoms with Crippen molar-refractivity contribution in [1.29, 1.82) is 0 Å². The molecule has 3 heteroatoms. The molecule has 0 aliphatic heterocycles. The van der Waals surface area contributed by atoms with E-state index in [1.807, 2.05) is 11.8 Å². The third-order valence-electron chi connectivity index (χ3n) is 6.10.